The minimum Gasteiger partial charge on any atom is -0.479 e. The third-order valence-corrected chi connectivity index (χ3v) is 5.96. The number of anilines is 1. The Balaban J connectivity index is 1.73. The highest BCUT2D eigenvalue weighted by Gasteiger charge is 2.19. The van der Waals surface area contributed by atoms with E-state index in [4.69, 9.17) is 4.74 Å². The lowest BCUT2D eigenvalue weighted by Gasteiger charge is -2.19. The molecule has 0 aromatic heterocycles. The number of unbranched alkanes of at least 4 members (excludes halogenated alkanes) is 9. The molecule has 1 aliphatic rings. The maximum absolute atomic E-state index is 12.8. The van der Waals surface area contributed by atoms with Crippen LogP contribution in [0.5, 0.6) is 0 Å². The van der Waals surface area contributed by atoms with E-state index >= 15 is 0 Å². The fourth-order valence-corrected chi connectivity index (χ4v) is 4.00. The molecule has 1 aromatic carbocycles. The molecular weight excluding hydrogens is 386 g/mol. The van der Waals surface area contributed by atoms with Crippen LogP contribution in [0.1, 0.15) is 94.3 Å². The molecule has 1 aromatic rings. The molecule has 1 amide bonds. The Hall–Kier alpha value is -2.04. The summed E-state index contributed by atoms with van der Waals surface area (Å²) in [6.07, 6.45) is 14.9. The van der Waals surface area contributed by atoms with Gasteiger partial charge in [-0.25, -0.2) is 0 Å². The number of carbonyl (C=O) groups is 1. The van der Waals surface area contributed by atoms with Crippen molar-refractivity contribution >= 4 is 17.5 Å². The normalized spacial score (nSPS) is 14.1. The minimum atomic E-state index is -0.0130. The molecule has 0 radical (unpaired) electrons. The molecule has 2 rings (SSSR count). The number of benzene rings is 1. The Morgan fingerprint density at radius 3 is 2.16 bits per heavy atom. The van der Waals surface area contributed by atoms with Gasteiger partial charge in [-0.3, -0.25) is 9.79 Å². The summed E-state index contributed by atoms with van der Waals surface area (Å²) >= 11 is 0. The molecule has 0 fully saturated rings. The van der Waals surface area contributed by atoms with Gasteiger partial charge in [-0.15, -0.1) is 0 Å². The Bertz CT molecular complexity index is 655. The fourth-order valence-electron chi connectivity index (χ4n) is 4.00. The molecule has 0 aliphatic carbocycles. The van der Waals surface area contributed by atoms with Crippen molar-refractivity contribution in [3.05, 3.63) is 29.8 Å². The molecule has 1 unspecified atom stereocenters. The summed E-state index contributed by atoms with van der Waals surface area (Å²) in [7, 11) is 4.00. The molecule has 0 saturated heterocycles. The van der Waals surface area contributed by atoms with E-state index in [-0.39, 0.29) is 11.9 Å². The van der Waals surface area contributed by atoms with Crippen molar-refractivity contribution in [3.8, 4) is 0 Å². The third kappa shape index (κ3) is 10.2. The Labute approximate surface area is 189 Å². The topological polar surface area (TPSA) is 53.9 Å². The van der Waals surface area contributed by atoms with Crippen molar-refractivity contribution in [3.63, 3.8) is 0 Å². The van der Waals surface area contributed by atoms with Crippen LogP contribution in [0.2, 0.25) is 0 Å². The van der Waals surface area contributed by atoms with Crippen molar-refractivity contribution in [1.29, 1.82) is 0 Å². The van der Waals surface area contributed by atoms with E-state index in [0.29, 0.717) is 18.6 Å². The highest BCUT2D eigenvalue weighted by molar-refractivity contribution is 5.95. The average Bonchev–Trinajstić information content (AvgIpc) is 3.28. The van der Waals surface area contributed by atoms with E-state index in [1.54, 1.807) is 0 Å². The second-order valence-corrected chi connectivity index (χ2v) is 8.91. The number of nitrogens with zero attached hydrogens (tertiary/aromatic N) is 2. The van der Waals surface area contributed by atoms with Crippen LogP contribution in [0, 0.1) is 0 Å². The van der Waals surface area contributed by atoms with Gasteiger partial charge in [0.1, 0.15) is 6.61 Å². The average molecular weight is 430 g/mol. The molecule has 5 heteroatoms. The first kappa shape index (κ1) is 25.2. The number of carbonyl (C=O) groups excluding carboxylic acids is 1. The number of hydrogen-bond donors (Lipinski definition) is 1. The van der Waals surface area contributed by atoms with Crippen LogP contribution in [0.25, 0.3) is 0 Å². The molecule has 0 bridgehead atoms. The summed E-state index contributed by atoms with van der Waals surface area (Å²) < 4.78 is 5.61. The van der Waals surface area contributed by atoms with Crippen LogP contribution in [-0.4, -0.2) is 45.1 Å². The van der Waals surface area contributed by atoms with Crippen molar-refractivity contribution < 1.29 is 9.53 Å². The molecule has 5 nitrogen and oxygen atoms in total. The van der Waals surface area contributed by atoms with Crippen LogP contribution in [0.15, 0.2) is 29.3 Å². The van der Waals surface area contributed by atoms with Crippen LogP contribution in [0.3, 0.4) is 0 Å². The highest BCUT2D eigenvalue weighted by atomic mass is 16.5. The second-order valence-electron chi connectivity index (χ2n) is 8.91. The van der Waals surface area contributed by atoms with Gasteiger partial charge in [-0.2, -0.15) is 0 Å². The minimum absolute atomic E-state index is 0.0130. The lowest BCUT2D eigenvalue weighted by atomic mass is 10.0. The van der Waals surface area contributed by atoms with Crippen LogP contribution < -0.4 is 10.2 Å². The van der Waals surface area contributed by atoms with E-state index in [2.05, 4.69) is 17.2 Å². The van der Waals surface area contributed by atoms with Crippen molar-refractivity contribution in [2.75, 3.05) is 32.1 Å². The maximum Gasteiger partial charge on any atom is 0.251 e. The molecule has 0 saturated carbocycles. The van der Waals surface area contributed by atoms with E-state index in [1.165, 1.54) is 57.8 Å². The smallest absolute Gasteiger partial charge is 0.251 e. The standard InChI is InChI=1S/C26H43N3O2/c1-4-5-6-7-8-9-10-11-12-13-14-23(21-25-27-19-20-31-25)28-26(30)22-15-17-24(18-16-22)29(2)3/h15-18,23H,4-14,19-21H2,1-3H3,(H,28,30). The molecular formula is C26H43N3O2. The zero-order valence-corrected chi connectivity index (χ0v) is 20.0. The van der Waals surface area contributed by atoms with Gasteiger partial charge in [0.2, 0.25) is 0 Å². The molecule has 174 valence electrons. The molecule has 1 atom stereocenters. The van der Waals surface area contributed by atoms with E-state index in [1.807, 2.05) is 43.3 Å². The monoisotopic (exact) mass is 429 g/mol. The van der Waals surface area contributed by atoms with Gasteiger partial charge in [0.25, 0.3) is 5.91 Å². The first-order chi connectivity index (χ1) is 15.1. The number of ether oxygens (including phenoxy) is 1. The van der Waals surface area contributed by atoms with Gasteiger partial charge in [0.15, 0.2) is 5.90 Å². The van der Waals surface area contributed by atoms with Crippen LogP contribution >= 0.6 is 0 Å². The maximum atomic E-state index is 12.8. The van der Waals surface area contributed by atoms with Crippen molar-refractivity contribution in [2.45, 2.75) is 90.0 Å². The zero-order chi connectivity index (χ0) is 22.3. The van der Waals surface area contributed by atoms with Gasteiger partial charge in [0, 0.05) is 37.8 Å². The van der Waals surface area contributed by atoms with Crippen molar-refractivity contribution in [2.24, 2.45) is 4.99 Å². The van der Waals surface area contributed by atoms with Crippen LogP contribution in [-0.2, 0) is 4.74 Å². The summed E-state index contributed by atoms with van der Waals surface area (Å²) in [6.45, 7) is 3.67. The van der Waals surface area contributed by atoms with Gasteiger partial charge in [-0.1, -0.05) is 71.1 Å². The van der Waals surface area contributed by atoms with E-state index < -0.39 is 0 Å². The number of amides is 1. The molecule has 31 heavy (non-hydrogen) atoms. The SMILES string of the molecule is CCCCCCCCCCCCC(CC1=NCCO1)NC(=O)c1ccc(N(C)C)cc1. The third-order valence-electron chi connectivity index (χ3n) is 5.96. The summed E-state index contributed by atoms with van der Waals surface area (Å²) in [6, 6.07) is 7.83. The molecule has 1 aliphatic heterocycles. The molecule has 1 N–H and O–H groups in total. The zero-order valence-electron chi connectivity index (χ0n) is 20.0. The quantitative estimate of drug-likeness (QED) is 0.329. The van der Waals surface area contributed by atoms with Gasteiger partial charge < -0.3 is 15.0 Å². The van der Waals surface area contributed by atoms with E-state index in [0.717, 1.165) is 31.0 Å². The summed E-state index contributed by atoms with van der Waals surface area (Å²) in [4.78, 5) is 19.2. The number of rotatable bonds is 16. The number of hydrogen-bond acceptors (Lipinski definition) is 4. The summed E-state index contributed by atoms with van der Waals surface area (Å²) in [5, 5.41) is 3.23. The second kappa shape index (κ2) is 14.9. The Kier molecular flexibility index (Phi) is 12.1. The number of nitrogens with one attached hydrogen (secondary N) is 1. The first-order valence-electron chi connectivity index (χ1n) is 12.3. The lowest BCUT2D eigenvalue weighted by Crippen LogP contribution is -2.36. The van der Waals surface area contributed by atoms with Gasteiger partial charge in [-0.05, 0) is 30.7 Å². The highest BCUT2D eigenvalue weighted by Crippen LogP contribution is 2.16. The molecule has 0 spiro atoms. The number of aliphatic imine (C=N–C) groups is 1. The lowest BCUT2D eigenvalue weighted by molar-refractivity contribution is 0.0934. The summed E-state index contributed by atoms with van der Waals surface area (Å²) in [5.74, 6) is 0.779. The first-order valence-corrected chi connectivity index (χ1v) is 12.3. The van der Waals surface area contributed by atoms with Crippen LogP contribution in [0.4, 0.5) is 5.69 Å². The van der Waals surface area contributed by atoms with Crippen molar-refractivity contribution in [1.82, 2.24) is 5.32 Å². The Morgan fingerprint density at radius 1 is 1.00 bits per heavy atom. The predicted molar refractivity (Wildman–Crippen MR) is 131 cm³/mol. The Morgan fingerprint density at radius 2 is 1.61 bits per heavy atom. The van der Waals surface area contributed by atoms with Gasteiger partial charge >= 0.3 is 0 Å². The predicted octanol–water partition coefficient (Wildman–Crippen LogP) is 5.98. The summed E-state index contributed by atoms with van der Waals surface area (Å²) in [5.41, 5.74) is 1.79. The van der Waals surface area contributed by atoms with E-state index in [9.17, 15) is 4.79 Å². The fraction of sp³-hybridized carbons (Fsp3) is 0.692. The van der Waals surface area contributed by atoms with Gasteiger partial charge in [0.05, 0.1) is 6.54 Å². The molecule has 1 heterocycles. The largest absolute Gasteiger partial charge is 0.479 e.